The van der Waals surface area contributed by atoms with E-state index < -0.39 is 11.7 Å². The van der Waals surface area contributed by atoms with E-state index in [1.165, 1.54) is 0 Å². The minimum absolute atomic E-state index is 0.0523. The van der Waals surface area contributed by atoms with Crippen molar-refractivity contribution in [3.63, 3.8) is 0 Å². The van der Waals surface area contributed by atoms with Gasteiger partial charge in [0.25, 0.3) is 5.91 Å². The number of amides is 1. The van der Waals surface area contributed by atoms with Gasteiger partial charge in [-0.15, -0.1) is 0 Å². The molecule has 0 radical (unpaired) electrons. The number of nitrogens with one attached hydrogen (secondary N) is 1. The number of carbonyl (C=O) groups is 1. The molecule has 2 heterocycles. The Bertz CT molecular complexity index is 867. The van der Waals surface area contributed by atoms with Gasteiger partial charge in [0.2, 0.25) is 0 Å². The van der Waals surface area contributed by atoms with E-state index >= 15 is 0 Å². The molecular formula is C22H27F3N4O. The summed E-state index contributed by atoms with van der Waals surface area (Å²) in [6.07, 6.45) is -0.838. The van der Waals surface area contributed by atoms with Crippen LogP contribution in [0.1, 0.15) is 40.4 Å². The van der Waals surface area contributed by atoms with E-state index in [0.717, 1.165) is 37.1 Å². The van der Waals surface area contributed by atoms with Crippen molar-refractivity contribution in [3.05, 3.63) is 59.3 Å². The Hall–Kier alpha value is -2.61. The maximum absolute atomic E-state index is 12.9. The second kappa shape index (κ2) is 9.04. The summed E-state index contributed by atoms with van der Waals surface area (Å²) < 4.78 is 38.7. The van der Waals surface area contributed by atoms with Crippen molar-refractivity contribution in [1.82, 2.24) is 15.2 Å². The van der Waals surface area contributed by atoms with Gasteiger partial charge in [0.15, 0.2) is 0 Å². The Kier molecular flexibility index (Phi) is 6.65. The van der Waals surface area contributed by atoms with Crippen LogP contribution < -0.4 is 10.2 Å². The summed E-state index contributed by atoms with van der Waals surface area (Å²) in [6, 6.07) is 8.77. The number of anilines is 1. The number of rotatable bonds is 5. The zero-order valence-corrected chi connectivity index (χ0v) is 17.4. The largest absolute Gasteiger partial charge is 0.416 e. The topological polar surface area (TPSA) is 48.5 Å². The SMILES string of the molecule is CN(C)c1ncccc1C(=O)NCC1CCCN(C)C1c1ccc(C(F)(F)F)cc1. The number of benzene rings is 1. The van der Waals surface area contributed by atoms with Crippen molar-refractivity contribution < 1.29 is 18.0 Å². The number of nitrogens with zero attached hydrogens (tertiary/aromatic N) is 3. The molecule has 1 aliphatic rings. The fraction of sp³-hybridized carbons (Fsp3) is 0.455. The van der Waals surface area contributed by atoms with Gasteiger partial charge in [-0.25, -0.2) is 4.98 Å². The third-order valence-corrected chi connectivity index (χ3v) is 5.57. The highest BCUT2D eigenvalue weighted by Gasteiger charge is 2.33. The summed E-state index contributed by atoms with van der Waals surface area (Å²) in [5.41, 5.74) is 0.680. The molecule has 1 aromatic heterocycles. The predicted molar refractivity (Wildman–Crippen MR) is 110 cm³/mol. The molecule has 5 nitrogen and oxygen atoms in total. The van der Waals surface area contributed by atoms with Crippen molar-refractivity contribution in [2.75, 3.05) is 39.1 Å². The molecule has 8 heteroatoms. The van der Waals surface area contributed by atoms with Crippen molar-refractivity contribution in [2.45, 2.75) is 25.1 Å². The Morgan fingerprint density at radius 1 is 1.23 bits per heavy atom. The monoisotopic (exact) mass is 420 g/mol. The van der Waals surface area contributed by atoms with Crippen LogP contribution in [-0.4, -0.2) is 50.0 Å². The van der Waals surface area contributed by atoms with Gasteiger partial charge in [-0.3, -0.25) is 9.69 Å². The molecule has 2 unspecified atom stereocenters. The van der Waals surface area contributed by atoms with Crippen molar-refractivity contribution in [3.8, 4) is 0 Å². The van der Waals surface area contributed by atoms with Crippen LogP contribution in [-0.2, 0) is 6.18 Å². The van der Waals surface area contributed by atoms with E-state index in [4.69, 9.17) is 0 Å². The average Bonchev–Trinajstić information content (AvgIpc) is 2.71. The zero-order valence-electron chi connectivity index (χ0n) is 17.4. The van der Waals surface area contributed by atoms with Gasteiger partial charge in [0.1, 0.15) is 5.82 Å². The molecule has 0 saturated carbocycles. The number of hydrogen-bond acceptors (Lipinski definition) is 4. The van der Waals surface area contributed by atoms with Gasteiger partial charge in [0.05, 0.1) is 11.1 Å². The number of piperidine rings is 1. The summed E-state index contributed by atoms with van der Waals surface area (Å²) in [6.45, 7) is 1.31. The van der Waals surface area contributed by atoms with E-state index in [0.29, 0.717) is 17.9 Å². The van der Waals surface area contributed by atoms with Crippen LogP contribution >= 0.6 is 0 Å². The number of aromatic nitrogens is 1. The van der Waals surface area contributed by atoms with E-state index in [1.807, 2.05) is 21.1 Å². The first-order valence-electron chi connectivity index (χ1n) is 9.96. The minimum atomic E-state index is -4.35. The Morgan fingerprint density at radius 3 is 2.57 bits per heavy atom. The van der Waals surface area contributed by atoms with Crippen LogP contribution in [0.4, 0.5) is 19.0 Å². The molecule has 0 spiro atoms. The second-order valence-corrected chi connectivity index (χ2v) is 7.93. The predicted octanol–water partition coefficient (Wildman–Crippen LogP) is 3.98. The van der Waals surface area contributed by atoms with E-state index in [2.05, 4.69) is 15.2 Å². The van der Waals surface area contributed by atoms with Crippen molar-refractivity contribution in [1.29, 1.82) is 0 Å². The number of alkyl halides is 3. The summed E-state index contributed by atoms with van der Waals surface area (Å²) in [4.78, 5) is 21.0. The first-order valence-corrected chi connectivity index (χ1v) is 9.96. The molecule has 1 saturated heterocycles. The zero-order chi connectivity index (χ0) is 21.9. The summed E-state index contributed by atoms with van der Waals surface area (Å²) in [5, 5.41) is 3.01. The molecule has 0 bridgehead atoms. The smallest absolute Gasteiger partial charge is 0.362 e. The summed E-state index contributed by atoms with van der Waals surface area (Å²) >= 11 is 0. The highest BCUT2D eigenvalue weighted by atomic mass is 19.4. The molecule has 162 valence electrons. The van der Waals surface area contributed by atoms with Crippen molar-refractivity contribution in [2.24, 2.45) is 5.92 Å². The van der Waals surface area contributed by atoms with Crippen LogP contribution in [0, 0.1) is 5.92 Å². The van der Waals surface area contributed by atoms with Gasteiger partial charge in [-0.1, -0.05) is 12.1 Å². The molecule has 1 fully saturated rings. The lowest BCUT2D eigenvalue weighted by Crippen LogP contribution is -2.42. The highest BCUT2D eigenvalue weighted by Crippen LogP contribution is 2.36. The molecule has 1 aliphatic heterocycles. The third-order valence-electron chi connectivity index (χ3n) is 5.57. The fourth-order valence-corrected chi connectivity index (χ4v) is 4.12. The number of carbonyl (C=O) groups excluding carboxylic acids is 1. The summed E-state index contributed by atoms with van der Waals surface area (Å²) in [7, 11) is 5.63. The lowest BCUT2D eigenvalue weighted by atomic mass is 9.84. The van der Waals surface area contributed by atoms with Gasteiger partial charge in [-0.05, 0) is 62.2 Å². The standard InChI is InChI=1S/C22H27F3N4O/c1-28(2)20-18(7-4-12-26-20)21(30)27-14-16-6-5-13-29(3)19(16)15-8-10-17(11-9-15)22(23,24)25/h4,7-12,16,19H,5-6,13-14H2,1-3H3,(H,27,30). The fourth-order valence-electron chi connectivity index (χ4n) is 4.12. The minimum Gasteiger partial charge on any atom is -0.362 e. The normalized spacial score (nSPS) is 20.1. The van der Waals surface area contributed by atoms with Crippen LogP contribution in [0.2, 0.25) is 0 Å². The molecule has 1 aromatic carbocycles. The number of hydrogen-bond donors (Lipinski definition) is 1. The quantitative estimate of drug-likeness (QED) is 0.795. The van der Waals surface area contributed by atoms with Crippen LogP contribution in [0.3, 0.4) is 0 Å². The van der Waals surface area contributed by atoms with Crippen LogP contribution in [0.15, 0.2) is 42.6 Å². The number of pyridine rings is 1. The third kappa shape index (κ3) is 4.92. The molecule has 2 atom stereocenters. The van der Waals surface area contributed by atoms with E-state index in [-0.39, 0.29) is 17.9 Å². The number of halogens is 3. The van der Waals surface area contributed by atoms with Gasteiger partial charge >= 0.3 is 6.18 Å². The van der Waals surface area contributed by atoms with Gasteiger partial charge in [0, 0.05) is 32.9 Å². The Labute approximate surface area is 174 Å². The molecule has 3 rings (SSSR count). The molecule has 2 aromatic rings. The molecule has 1 amide bonds. The molecule has 0 aliphatic carbocycles. The first-order chi connectivity index (χ1) is 14.2. The lowest BCUT2D eigenvalue weighted by Gasteiger charge is -2.39. The van der Waals surface area contributed by atoms with Gasteiger partial charge < -0.3 is 10.2 Å². The number of likely N-dealkylation sites (tertiary alicyclic amines) is 1. The molecule has 1 N–H and O–H groups in total. The lowest BCUT2D eigenvalue weighted by molar-refractivity contribution is -0.137. The van der Waals surface area contributed by atoms with Crippen LogP contribution in [0.25, 0.3) is 0 Å². The average molecular weight is 420 g/mol. The van der Waals surface area contributed by atoms with E-state index in [1.54, 1.807) is 35.4 Å². The maximum Gasteiger partial charge on any atom is 0.416 e. The highest BCUT2D eigenvalue weighted by molar-refractivity contribution is 5.98. The Balaban J connectivity index is 1.75. The van der Waals surface area contributed by atoms with Gasteiger partial charge in [-0.2, -0.15) is 13.2 Å². The first kappa shape index (κ1) is 22.1. The Morgan fingerprint density at radius 2 is 1.93 bits per heavy atom. The summed E-state index contributed by atoms with van der Waals surface area (Å²) in [5.74, 6) is 0.491. The molecule has 30 heavy (non-hydrogen) atoms. The van der Waals surface area contributed by atoms with Crippen LogP contribution in [0.5, 0.6) is 0 Å². The van der Waals surface area contributed by atoms with Crippen molar-refractivity contribution >= 4 is 11.7 Å². The molecular weight excluding hydrogens is 393 g/mol. The van der Waals surface area contributed by atoms with E-state index in [9.17, 15) is 18.0 Å². The second-order valence-electron chi connectivity index (χ2n) is 7.93. The maximum atomic E-state index is 12.9.